The Kier molecular flexibility index (Phi) is 3.66. The molecule has 0 fully saturated rings. The fraction of sp³-hybridized carbons (Fsp3) is 0.467. The lowest BCUT2D eigenvalue weighted by molar-refractivity contribution is 0.616. The summed E-state index contributed by atoms with van der Waals surface area (Å²) >= 11 is 0. The highest BCUT2D eigenvalue weighted by atomic mass is 15.1. The lowest BCUT2D eigenvalue weighted by Crippen LogP contribution is -2.30. The van der Waals surface area contributed by atoms with Crippen molar-refractivity contribution in [1.29, 1.82) is 0 Å². The standard InChI is InChI=1S/C15H21N/c1-3-13-9-11-15(12-10-13)16(2)14-7-5-4-6-8-14/h5,7,9-12,14H,3-4,6,8H2,1-2H3. The van der Waals surface area contributed by atoms with E-state index < -0.39 is 0 Å². The quantitative estimate of drug-likeness (QED) is 0.693. The van der Waals surface area contributed by atoms with Crippen LogP contribution in [0.25, 0.3) is 0 Å². The van der Waals surface area contributed by atoms with Gasteiger partial charge in [-0.3, -0.25) is 0 Å². The van der Waals surface area contributed by atoms with Crippen LogP contribution in [0.15, 0.2) is 36.4 Å². The van der Waals surface area contributed by atoms with Crippen molar-refractivity contribution in [3.8, 4) is 0 Å². The summed E-state index contributed by atoms with van der Waals surface area (Å²) in [5.74, 6) is 0. The first-order valence-corrected chi connectivity index (χ1v) is 6.29. The topological polar surface area (TPSA) is 3.24 Å². The highest BCUT2D eigenvalue weighted by Crippen LogP contribution is 2.22. The second-order valence-electron chi connectivity index (χ2n) is 4.56. The van der Waals surface area contributed by atoms with Gasteiger partial charge in [-0.05, 0) is 43.4 Å². The predicted molar refractivity (Wildman–Crippen MR) is 71.0 cm³/mol. The fourth-order valence-electron chi connectivity index (χ4n) is 2.28. The van der Waals surface area contributed by atoms with Crippen LogP contribution in [-0.4, -0.2) is 13.1 Å². The molecule has 0 spiro atoms. The maximum atomic E-state index is 2.38. The van der Waals surface area contributed by atoms with Gasteiger partial charge in [0.2, 0.25) is 0 Å². The monoisotopic (exact) mass is 215 g/mol. The zero-order valence-corrected chi connectivity index (χ0v) is 10.3. The number of anilines is 1. The Morgan fingerprint density at radius 3 is 2.56 bits per heavy atom. The Labute approximate surface area is 98.8 Å². The van der Waals surface area contributed by atoms with Crippen LogP contribution in [0.4, 0.5) is 5.69 Å². The van der Waals surface area contributed by atoms with Gasteiger partial charge in [0, 0.05) is 18.8 Å². The number of likely N-dealkylation sites (N-methyl/N-ethyl adjacent to an activating group) is 1. The SMILES string of the molecule is CCc1ccc(N(C)C2C=CCCC2)cc1. The first-order valence-electron chi connectivity index (χ1n) is 6.29. The number of rotatable bonds is 3. The Morgan fingerprint density at radius 2 is 2.00 bits per heavy atom. The lowest BCUT2D eigenvalue weighted by atomic mass is 10.0. The van der Waals surface area contributed by atoms with Gasteiger partial charge in [-0.25, -0.2) is 0 Å². The largest absolute Gasteiger partial charge is 0.368 e. The average Bonchev–Trinajstić information content (AvgIpc) is 2.39. The number of hydrogen-bond donors (Lipinski definition) is 0. The molecule has 0 N–H and O–H groups in total. The molecule has 1 unspecified atom stereocenters. The van der Waals surface area contributed by atoms with Gasteiger partial charge in [0.15, 0.2) is 0 Å². The second-order valence-corrected chi connectivity index (χ2v) is 4.56. The van der Waals surface area contributed by atoms with E-state index in [1.807, 2.05) is 0 Å². The van der Waals surface area contributed by atoms with E-state index in [1.165, 1.54) is 30.5 Å². The van der Waals surface area contributed by atoms with Crippen LogP contribution in [0.1, 0.15) is 31.7 Å². The summed E-state index contributed by atoms with van der Waals surface area (Å²) < 4.78 is 0. The maximum Gasteiger partial charge on any atom is 0.0469 e. The summed E-state index contributed by atoms with van der Waals surface area (Å²) in [5, 5.41) is 0. The van der Waals surface area contributed by atoms with Crippen molar-refractivity contribution in [2.75, 3.05) is 11.9 Å². The Hall–Kier alpha value is -1.24. The summed E-state index contributed by atoms with van der Waals surface area (Å²) in [6.07, 6.45) is 9.62. The van der Waals surface area contributed by atoms with E-state index in [-0.39, 0.29) is 0 Å². The van der Waals surface area contributed by atoms with Crippen molar-refractivity contribution in [2.45, 2.75) is 38.6 Å². The summed E-state index contributed by atoms with van der Waals surface area (Å²) in [4.78, 5) is 2.38. The van der Waals surface area contributed by atoms with Crippen molar-refractivity contribution < 1.29 is 0 Å². The van der Waals surface area contributed by atoms with Crippen LogP contribution in [0.2, 0.25) is 0 Å². The molecule has 0 bridgehead atoms. The summed E-state index contributed by atoms with van der Waals surface area (Å²) in [7, 11) is 2.20. The second kappa shape index (κ2) is 5.20. The third-order valence-electron chi connectivity index (χ3n) is 3.48. The predicted octanol–water partition coefficient (Wildman–Crippen LogP) is 3.79. The molecular formula is C15H21N. The van der Waals surface area contributed by atoms with E-state index in [0.29, 0.717) is 6.04 Å². The lowest BCUT2D eigenvalue weighted by Gasteiger charge is -2.29. The number of benzene rings is 1. The van der Waals surface area contributed by atoms with Gasteiger partial charge < -0.3 is 4.90 Å². The summed E-state index contributed by atoms with van der Waals surface area (Å²) in [6.45, 7) is 2.20. The number of allylic oxidation sites excluding steroid dienone is 1. The summed E-state index contributed by atoms with van der Waals surface area (Å²) in [6, 6.07) is 9.53. The zero-order chi connectivity index (χ0) is 11.4. The van der Waals surface area contributed by atoms with E-state index >= 15 is 0 Å². The molecule has 0 heterocycles. The molecule has 1 atom stereocenters. The number of nitrogens with zero attached hydrogens (tertiary/aromatic N) is 1. The Morgan fingerprint density at radius 1 is 1.25 bits per heavy atom. The van der Waals surface area contributed by atoms with Crippen LogP contribution >= 0.6 is 0 Å². The number of hydrogen-bond acceptors (Lipinski definition) is 1. The normalized spacial score (nSPS) is 19.8. The van der Waals surface area contributed by atoms with Gasteiger partial charge in [0.25, 0.3) is 0 Å². The maximum absolute atomic E-state index is 2.38. The van der Waals surface area contributed by atoms with Crippen LogP contribution in [0.5, 0.6) is 0 Å². The van der Waals surface area contributed by atoms with Crippen LogP contribution in [0, 0.1) is 0 Å². The molecule has 0 radical (unpaired) electrons. The van der Waals surface area contributed by atoms with Crippen molar-refractivity contribution in [2.24, 2.45) is 0 Å². The van der Waals surface area contributed by atoms with Crippen LogP contribution in [-0.2, 0) is 6.42 Å². The van der Waals surface area contributed by atoms with Gasteiger partial charge in [-0.1, -0.05) is 31.2 Å². The first-order chi connectivity index (χ1) is 7.81. The summed E-state index contributed by atoms with van der Waals surface area (Å²) in [5.41, 5.74) is 2.74. The Bertz CT molecular complexity index is 350. The molecule has 16 heavy (non-hydrogen) atoms. The van der Waals surface area contributed by atoms with E-state index in [4.69, 9.17) is 0 Å². The van der Waals surface area contributed by atoms with Crippen LogP contribution in [0.3, 0.4) is 0 Å². The molecule has 1 aliphatic rings. The van der Waals surface area contributed by atoms with Gasteiger partial charge in [-0.2, -0.15) is 0 Å². The molecule has 1 heteroatoms. The molecule has 0 amide bonds. The highest BCUT2D eigenvalue weighted by molar-refractivity contribution is 5.48. The van der Waals surface area contributed by atoms with E-state index in [1.54, 1.807) is 0 Å². The molecule has 1 aromatic carbocycles. The minimum Gasteiger partial charge on any atom is -0.368 e. The van der Waals surface area contributed by atoms with Gasteiger partial charge in [-0.15, -0.1) is 0 Å². The van der Waals surface area contributed by atoms with Crippen molar-refractivity contribution in [3.05, 3.63) is 42.0 Å². The van der Waals surface area contributed by atoms with E-state index in [9.17, 15) is 0 Å². The molecule has 0 aromatic heterocycles. The fourth-order valence-corrected chi connectivity index (χ4v) is 2.28. The average molecular weight is 215 g/mol. The molecule has 0 saturated heterocycles. The first kappa shape index (κ1) is 11.3. The molecule has 1 aliphatic carbocycles. The van der Waals surface area contributed by atoms with Gasteiger partial charge in [0.05, 0.1) is 0 Å². The molecule has 86 valence electrons. The van der Waals surface area contributed by atoms with Crippen molar-refractivity contribution in [3.63, 3.8) is 0 Å². The molecule has 1 nitrogen and oxygen atoms in total. The highest BCUT2D eigenvalue weighted by Gasteiger charge is 2.13. The third-order valence-corrected chi connectivity index (χ3v) is 3.48. The van der Waals surface area contributed by atoms with Crippen LogP contribution < -0.4 is 4.90 Å². The van der Waals surface area contributed by atoms with Crippen molar-refractivity contribution >= 4 is 5.69 Å². The third kappa shape index (κ3) is 2.46. The van der Waals surface area contributed by atoms with E-state index in [2.05, 4.69) is 55.3 Å². The molecule has 0 saturated carbocycles. The van der Waals surface area contributed by atoms with Gasteiger partial charge in [0.1, 0.15) is 0 Å². The number of aryl methyl sites for hydroxylation is 1. The molecular weight excluding hydrogens is 194 g/mol. The molecule has 2 rings (SSSR count). The zero-order valence-electron chi connectivity index (χ0n) is 10.3. The van der Waals surface area contributed by atoms with E-state index in [0.717, 1.165) is 6.42 Å². The minimum atomic E-state index is 0.584. The minimum absolute atomic E-state index is 0.584. The smallest absolute Gasteiger partial charge is 0.0469 e. The van der Waals surface area contributed by atoms with Gasteiger partial charge >= 0.3 is 0 Å². The Balaban J connectivity index is 2.10. The molecule has 0 aliphatic heterocycles. The van der Waals surface area contributed by atoms with Crippen molar-refractivity contribution in [1.82, 2.24) is 0 Å². The molecule has 1 aromatic rings.